The van der Waals surface area contributed by atoms with Crippen molar-refractivity contribution in [3.63, 3.8) is 0 Å². The lowest BCUT2D eigenvalue weighted by atomic mass is 10.2. The van der Waals surface area contributed by atoms with Crippen molar-refractivity contribution in [2.75, 3.05) is 10.8 Å². The lowest BCUT2D eigenvalue weighted by Gasteiger charge is -2.34. The average molecular weight is 371 g/mol. The first-order valence-corrected chi connectivity index (χ1v) is 8.65. The molecule has 0 bridgehead atoms. The van der Waals surface area contributed by atoms with Crippen molar-refractivity contribution in [2.24, 2.45) is 5.73 Å². The van der Waals surface area contributed by atoms with Crippen LogP contribution in [0.15, 0.2) is 47.4 Å². The first-order chi connectivity index (χ1) is 11.3. The average Bonchev–Trinajstić information content (AvgIpc) is 2.53. The van der Waals surface area contributed by atoms with Crippen LogP contribution >= 0.6 is 11.6 Å². The smallest absolute Gasteiger partial charge is 0.267 e. The van der Waals surface area contributed by atoms with Gasteiger partial charge in [0.25, 0.3) is 15.9 Å². The minimum Gasteiger partial charge on any atom is -0.476 e. The summed E-state index contributed by atoms with van der Waals surface area (Å²) in [5.74, 6) is -1.63. The number of halogens is 2. The Balaban J connectivity index is 2.14. The summed E-state index contributed by atoms with van der Waals surface area (Å²) in [5, 5.41) is 0.0730. The summed E-state index contributed by atoms with van der Waals surface area (Å²) < 4.78 is 46.2. The maximum absolute atomic E-state index is 14.1. The molecule has 0 fully saturated rings. The fourth-order valence-corrected chi connectivity index (χ4v) is 4.06. The van der Waals surface area contributed by atoms with Crippen LogP contribution in [0.2, 0.25) is 5.02 Å². The molecule has 0 saturated carbocycles. The van der Waals surface area contributed by atoms with Gasteiger partial charge in [0.2, 0.25) is 0 Å². The van der Waals surface area contributed by atoms with Crippen LogP contribution < -0.4 is 14.8 Å². The number of hydrogen-bond donors (Lipinski definition) is 1. The topological polar surface area (TPSA) is 89.7 Å². The molecule has 0 saturated heterocycles. The van der Waals surface area contributed by atoms with Gasteiger partial charge in [-0.1, -0.05) is 23.7 Å². The van der Waals surface area contributed by atoms with Crippen LogP contribution in [0, 0.1) is 5.82 Å². The van der Waals surface area contributed by atoms with Crippen molar-refractivity contribution in [3.8, 4) is 5.75 Å². The maximum atomic E-state index is 14.1. The quantitative estimate of drug-likeness (QED) is 0.893. The standard InChI is InChI=1S/C15H12ClFN2O4S/c16-9-5-6-14(10(17)7-9)24(21,22)19-8-13(15(18)20)23-12-4-2-1-3-11(12)19/h1-7,13H,8H2,(H2,18,20)/t13-/m0/s1. The van der Waals surface area contributed by atoms with Crippen LogP contribution in [-0.2, 0) is 14.8 Å². The van der Waals surface area contributed by atoms with Gasteiger partial charge in [-0.2, -0.15) is 0 Å². The number of nitrogens with zero attached hydrogens (tertiary/aromatic N) is 1. The van der Waals surface area contributed by atoms with Gasteiger partial charge in [0.05, 0.1) is 12.2 Å². The molecule has 2 aromatic carbocycles. The highest BCUT2D eigenvalue weighted by Crippen LogP contribution is 2.37. The van der Waals surface area contributed by atoms with E-state index < -0.39 is 32.7 Å². The number of sulfonamides is 1. The second-order valence-corrected chi connectivity index (χ2v) is 7.35. The Morgan fingerprint density at radius 3 is 2.67 bits per heavy atom. The molecule has 1 atom stereocenters. The van der Waals surface area contributed by atoms with Gasteiger partial charge in [-0.3, -0.25) is 9.10 Å². The predicted octanol–water partition coefficient (Wildman–Crippen LogP) is 1.92. The number of carbonyl (C=O) groups is 1. The number of anilines is 1. The Morgan fingerprint density at radius 2 is 2.00 bits per heavy atom. The molecule has 0 aliphatic carbocycles. The zero-order valence-electron chi connectivity index (χ0n) is 12.1. The van der Waals surface area contributed by atoms with Crippen LogP contribution in [0.4, 0.5) is 10.1 Å². The van der Waals surface area contributed by atoms with E-state index >= 15 is 0 Å². The first-order valence-electron chi connectivity index (χ1n) is 6.83. The summed E-state index contributed by atoms with van der Waals surface area (Å²) in [7, 11) is -4.28. The summed E-state index contributed by atoms with van der Waals surface area (Å²) in [6.45, 7) is -0.350. The van der Waals surface area contributed by atoms with E-state index in [2.05, 4.69) is 0 Å². The van der Waals surface area contributed by atoms with Gasteiger partial charge in [-0.15, -0.1) is 0 Å². The lowest BCUT2D eigenvalue weighted by molar-refractivity contribution is -0.124. The zero-order valence-corrected chi connectivity index (χ0v) is 13.7. The molecule has 2 aromatic rings. The Morgan fingerprint density at radius 1 is 1.29 bits per heavy atom. The van der Waals surface area contributed by atoms with Gasteiger partial charge >= 0.3 is 0 Å². The molecule has 3 rings (SSSR count). The second kappa shape index (κ2) is 5.95. The fraction of sp³-hybridized carbons (Fsp3) is 0.133. The number of rotatable bonds is 3. The van der Waals surface area contributed by atoms with Gasteiger partial charge in [-0.25, -0.2) is 12.8 Å². The molecule has 24 heavy (non-hydrogen) atoms. The van der Waals surface area contributed by atoms with E-state index in [4.69, 9.17) is 22.1 Å². The van der Waals surface area contributed by atoms with E-state index in [1.807, 2.05) is 0 Å². The minimum absolute atomic E-state index is 0.0730. The maximum Gasteiger partial charge on any atom is 0.267 e. The van der Waals surface area contributed by atoms with Crippen molar-refractivity contribution in [1.29, 1.82) is 0 Å². The SMILES string of the molecule is NC(=O)[C@@H]1CN(S(=O)(=O)c2ccc(Cl)cc2F)c2ccccc2O1. The number of carbonyl (C=O) groups excluding carboxylic acids is 1. The summed E-state index contributed by atoms with van der Waals surface area (Å²) in [5.41, 5.74) is 5.44. The van der Waals surface area contributed by atoms with Crippen LogP contribution in [-0.4, -0.2) is 27.0 Å². The zero-order chi connectivity index (χ0) is 17.5. The number of benzene rings is 2. The third-order valence-electron chi connectivity index (χ3n) is 3.51. The molecule has 126 valence electrons. The molecule has 1 amide bonds. The second-order valence-electron chi connectivity index (χ2n) is 5.09. The monoisotopic (exact) mass is 370 g/mol. The molecule has 2 N–H and O–H groups in total. The molecule has 6 nitrogen and oxygen atoms in total. The molecule has 1 aliphatic heterocycles. The molecule has 0 unspecified atom stereocenters. The van der Waals surface area contributed by atoms with Crippen LogP contribution in [0.1, 0.15) is 0 Å². The number of fused-ring (bicyclic) bond motifs is 1. The Hall–Kier alpha value is -2.32. The normalized spacial score (nSPS) is 17.1. The molecule has 0 radical (unpaired) electrons. The first kappa shape index (κ1) is 16.5. The Bertz CT molecular complexity index is 919. The van der Waals surface area contributed by atoms with Gasteiger partial charge in [0.15, 0.2) is 6.10 Å². The van der Waals surface area contributed by atoms with Crippen molar-refractivity contribution in [2.45, 2.75) is 11.0 Å². The third-order valence-corrected chi connectivity index (χ3v) is 5.56. The Kier molecular flexibility index (Phi) is 4.10. The number of nitrogens with two attached hydrogens (primary N) is 1. The molecule has 0 aromatic heterocycles. The van der Waals surface area contributed by atoms with Gasteiger partial charge in [-0.05, 0) is 30.3 Å². The van der Waals surface area contributed by atoms with Gasteiger partial charge in [0.1, 0.15) is 16.5 Å². The molecule has 1 heterocycles. The summed E-state index contributed by atoms with van der Waals surface area (Å²) >= 11 is 5.67. The minimum atomic E-state index is -4.28. The van der Waals surface area contributed by atoms with Crippen molar-refractivity contribution in [3.05, 3.63) is 53.3 Å². The van der Waals surface area contributed by atoms with Crippen molar-refractivity contribution >= 4 is 33.2 Å². The number of primary amides is 1. The molecule has 0 spiro atoms. The molecular weight excluding hydrogens is 359 g/mol. The van der Waals surface area contributed by atoms with Crippen LogP contribution in [0.3, 0.4) is 0 Å². The van der Waals surface area contributed by atoms with Crippen molar-refractivity contribution < 1.29 is 22.3 Å². The van der Waals surface area contributed by atoms with Crippen LogP contribution in [0.25, 0.3) is 0 Å². The molecule has 1 aliphatic rings. The van der Waals surface area contributed by atoms with E-state index in [1.54, 1.807) is 12.1 Å². The molecule has 9 heteroatoms. The largest absolute Gasteiger partial charge is 0.476 e. The summed E-state index contributed by atoms with van der Waals surface area (Å²) in [4.78, 5) is 10.9. The van der Waals surface area contributed by atoms with E-state index in [0.717, 1.165) is 16.4 Å². The predicted molar refractivity (Wildman–Crippen MR) is 86.0 cm³/mol. The van der Waals surface area contributed by atoms with E-state index in [-0.39, 0.29) is 23.0 Å². The highest BCUT2D eigenvalue weighted by molar-refractivity contribution is 7.92. The highest BCUT2D eigenvalue weighted by atomic mass is 35.5. The summed E-state index contributed by atoms with van der Waals surface area (Å²) in [6.07, 6.45) is -1.18. The number of para-hydroxylation sites is 2. The molecular formula is C15H12ClFN2O4S. The Labute approximate surface area is 142 Å². The van der Waals surface area contributed by atoms with E-state index in [0.29, 0.717) is 0 Å². The number of amides is 1. The fourth-order valence-electron chi connectivity index (χ4n) is 2.38. The van der Waals surface area contributed by atoms with E-state index in [9.17, 15) is 17.6 Å². The number of ether oxygens (including phenoxy) is 1. The lowest BCUT2D eigenvalue weighted by Crippen LogP contribution is -2.49. The summed E-state index contributed by atoms with van der Waals surface area (Å²) in [6, 6.07) is 9.48. The van der Waals surface area contributed by atoms with Gasteiger partial charge < -0.3 is 10.5 Å². The van der Waals surface area contributed by atoms with Gasteiger partial charge in [0, 0.05) is 5.02 Å². The highest BCUT2D eigenvalue weighted by Gasteiger charge is 2.37. The number of hydrogen-bond acceptors (Lipinski definition) is 4. The van der Waals surface area contributed by atoms with Crippen LogP contribution in [0.5, 0.6) is 5.75 Å². The third kappa shape index (κ3) is 2.78. The van der Waals surface area contributed by atoms with E-state index in [1.165, 1.54) is 18.2 Å². The van der Waals surface area contributed by atoms with Crippen molar-refractivity contribution in [1.82, 2.24) is 0 Å².